The van der Waals surface area contributed by atoms with Crippen molar-refractivity contribution in [3.05, 3.63) is 51.3 Å². The number of amides is 2. The maximum atomic E-state index is 13.2. The fourth-order valence-corrected chi connectivity index (χ4v) is 4.97. The minimum atomic E-state index is -0.122. The molecule has 0 aliphatic carbocycles. The van der Waals surface area contributed by atoms with E-state index >= 15 is 0 Å². The molecule has 1 aromatic heterocycles. The topological polar surface area (TPSA) is 61.7 Å². The van der Waals surface area contributed by atoms with E-state index in [1.54, 1.807) is 16.5 Å². The van der Waals surface area contributed by atoms with Crippen molar-refractivity contribution in [2.24, 2.45) is 5.92 Å². The summed E-state index contributed by atoms with van der Waals surface area (Å²) in [6.45, 7) is 6.70. The lowest BCUT2D eigenvalue weighted by molar-refractivity contribution is -0.138. The van der Waals surface area contributed by atoms with E-state index in [4.69, 9.17) is 23.2 Å². The van der Waals surface area contributed by atoms with Crippen LogP contribution in [0.15, 0.2) is 24.3 Å². The van der Waals surface area contributed by atoms with E-state index in [1.165, 1.54) is 0 Å². The third-order valence-corrected chi connectivity index (χ3v) is 7.26. The van der Waals surface area contributed by atoms with Crippen LogP contribution in [0.3, 0.4) is 0 Å². The summed E-state index contributed by atoms with van der Waals surface area (Å²) < 4.78 is 1.62. The fourth-order valence-electron chi connectivity index (χ4n) is 4.46. The van der Waals surface area contributed by atoms with E-state index in [0.717, 1.165) is 31.7 Å². The number of hydrogen-bond acceptors (Lipinski definition) is 4. The second-order valence-corrected chi connectivity index (χ2v) is 9.46. The van der Waals surface area contributed by atoms with Crippen LogP contribution in [-0.4, -0.2) is 82.6 Å². The predicted octanol–water partition coefficient (Wildman–Crippen LogP) is 3.17. The molecule has 9 heteroatoms. The zero-order valence-corrected chi connectivity index (χ0v) is 20.1. The molecule has 2 fully saturated rings. The Morgan fingerprint density at radius 3 is 2.31 bits per heavy atom. The largest absolute Gasteiger partial charge is 0.340 e. The lowest BCUT2D eigenvalue weighted by atomic mass is 9.94. The Morgan fingerprint density at radius 1 is 1.00 bits per heavy atom. The van der Waals surface area contributed by atoms with E-state index in [-0.39, 0.29) is 17.7 Å². The van der Waals surface area contributed by atoms with Gasteiger partial charge in [0, 0.05) is 50.2 Å². The number of piperidine rings is 1. The van der Waals surface area contributed by atoms with Crippen LogP contribution in [-0.2, 0) is 11.3 Å². The van der Waals surface area contributed by atoms with Gasteiger partial charge in [0.25, 0.3) is 5.91 Å². The minimum Gasteiger partial charge on any atom is -0.340 e. The third-order valence-electron chi connectivity index (χ3n) is 6.50. The number of carbonyl (C=O) groups is 2. The van der Waals surface area contributed by atoms with Crippen molar-refractivity contribution in [1.82, 2.24) is 24.5 Å². The van der Waals surface area contributed by atoms with Crippen LogP contribution < -0.4 is 0 Å². The lowest BCUT2D eigenvalue weighted by Crippen LogP contribution is -2.51. The molecule has 0 saturated carbocycles. The van der Waals surface area contributed by atoms with E-state index < -0.39 is 0 Å². The van der Waals surface area contributed by atoms with Gasteiger partial charge in [-0.1, -0.05) is 41.4 Å². The molecule has 2 amide bonds. The van der Waals surface area contributed by atoms with Gasteiger partial charge in [0.15, 0.2) is 0 Å². The molecule has 2 aliphatic heterocycles. The van der Waals surface area contributed by atoms with Crippen molar-refractivity contribution in [3.63, 3.8) is 0 Å². The summed E-state index contributed by atoms with van der Waals surface area (Å²) in [5, 5.41) is 5.44. The molecule has 7 nitrogen and oxygen atoms in total. The van der Waals surface area contributed by atoms with Gasteiger partial charge in [-0.15, -0.1) is 0 Å². The van der Waals surface area contributed by atoms with Gasteiger partial charge in [0.05, 0.1) is 17.8 Å². The highest BCUT2D eigenvalue weighted by Crippen LogP contribution is 2.27. The zero-order valence-electron chi connectivity index (χ0n) is 18.6. The molecular weight excluding hydrogens is 449 g/mol. The number of aryl methyl sites for hydroxylation is 1. The summed E-state index contributed by atoms with van der Waals surface area (Å²) in [6.07, 6.45) is 1.36. The van der Waals surface area contributed by atoms with Crippen molar-refractivity contribution in [3.8, 4) is 0 Å². The van der Waals surface area contributed by atoms with E-state index in [0.29, 0.717) is 53.9 Å². The van der Waals surface area contributed by atoms with E-state index in [9.17, 15) is 9.59 Å². The van der Waals surface area contributed by atoms with Gasteiger partial charge in [-0.25, -0.2) is 4.68 Å². The van der Waals surface area contributed by atoms with Gasteiger partial charge in [0.1, 0.15) is 5.15 Å². The van der Waals surface area contributed by atoms with Crippen molar-refractivity contribution in [2.45, 2.75) is 26.3 Å². The van der Waals surface area contributed by atoms with Crippen LogP contribution in [0, 0.1) is 12.8 Å². The quantitative estimate of drug-likeness (QED) is 0.678. The van der Waals surface area contributed by atoms with Crippen molar-refractivity contribution in [2.75, 3.05) is 46.3 Å². The summed E-state index contributed by atoms with van der Waals surface area (Å²) in [7, 11) is 2.08. The summed E-state index contributed by atoms with van der Waals surface area (Å²) in [5.74, 6) is 0.0948. The molecule has 0 atom stereocenters. The number of hydrogen-bond donors (Lipinski definition) is 0. The zero-order chi connectivity index (χ0) is 22.8. The van der Waals surface area contributed by atoms with Gasteiger partial charge in [-0.3, -0.25) is 9.59 Å². The van der Waals surface area contributed by atoms with Gasteiger partial charge in [-0.2, -0.15) is 5.10 Å². The molecule has 0 bridgehead atoms. The molecule has 2 aromatic rings. The molecule has 0 radical (unpaired) electrons. The number of likely N-dealkylation sites (N-methyl/N-ethyl adjacent to an activating group) is 1. The Kier molecular flexibility index (Phi) is 7.08. The number of halogens is 2. The first-order chi connectivity index (χ1) is 15.3. The molecule has 3 heterocycles. The first-order valence-corrected chi connectivity index (χ1v) is 11.8. The Morgan fingerprint density at radius 2 is 1.66 bits per heavy atom. The fraction of sp³-hybridized carbons (Fsp3) is 0.522. The summed E-state index contributed by atoms with van der Waals surface area (Å²) in [4.78, 5) is 32.1. The Hall–Kier alpha value is -2.09. The van der Waals surface area contributed by atoms with Crippen molar-refractivity contribution in [1.29, 1.82) is 0 Å². The predicted molar refractivity (Wildman–Crippen MR) is 125 cm³/mol. The molecule has 0 N–H and O–H groups in total. The van der Waals surface area contributed by atoms with Crippen LogP contribution >= 0.6 is 23.2 Å². The number of nitrogens with zero attached hydrogens (tertiary/aromatic N) is 5. The van der Waals surface area contributed by atoms with Gasteiger partial charge >= 0.3 is 0 Å². The third kappa shape index (κ3) is 4.80. The highest BCUT2D eigenvalue weighted by molar-refractivity contribution is 6.33. The second-order valence-electron chi connectivity index (χ2n) is 8.70. The van der Waals surface area contributed by atoms with Crippen LogP contribution in [0.2, 0.25) is 10.2 Å². The summed E-state index contributed by atoms with van der Waals surface area (Å²) in [6, 6.07) is 7.51. The van der Waals surface area contributed by atoms with Crippen molar-refractivity contribution < 1.29 is 9.59 Å². The van der Waals surface area contributed by atoms with Crippen LogP contribution in [0.4, 0.5) is 0 Å². The monoisotopic (exact) mass is 477 g/mol. The molecule has 1 aromatic carbocycles. The number of rotatable bonds is 4. The molecule has 0 spiro atoms. The first kappa shape index (κ1) is 23.1. The Labute approximate surface area is 198 Å². The molecule has 2 saturated heterocycles. The number of benzene rings is 1. The number of likely N-dealkylation sites (tertiary alicyclic amines) is 1. The van der Waals surface area contributed by atoms with Gasteiger partial charge in [0.2, 0.25) is 5.91 Å². The number of piperazine rings is 1. The maximum absolute atomic E-state index is 13.2. The normalized spacial score (nSPS) is 18.2. The molecule has 32 heavy (non-hydrogen) atoms. The highest BCUT2D eigenvalue weighted by Gasteiger charge is 2.33. The molecule has 0 unspecified atom stereocenters. The van der Waals surface area contributed by atoms with E-state index in [1.807, 2.05) is 29.2 Å². The molecule has 2 aliphatic rings. The molecular formula is C23H29Cl2N5O2. The number of carbonyl (C=O) groups excluding carboxylic acids is 2. The standard InChI is InChI=1S/C23H29Cl2N5O2/c1-16-20(21(25)30(26-16)15-18-5-3-4-6-19(18)24)23(32)28-9-7-17(8-10-28)22(31)29-13-11-27(2)12-14-29/h3-6,17H,7-15H2,1-2H3. The van der Waals surface area contributed by atoms with Crippen LogP contribution in [0.1, 0.15) is 34.5 Å². The average molecular weight is 478 g/mol. The van der Waals surface area contributed by atoms with Crippen LogP contribution in [0.25, 0.3) is 0 Å². The van der Waals surface area contributed by atoms with Crippen molar-refractivity contribution >= 4 is 35.0 Å². The Bertz CT molecular complexity index is 992. The number of aromatic nitrogens is 2. The summed E-state index contributed by atoms with van der Waals surface area (Å²) in [5.41, 5.74) is 1.92. The smallest absolute Gasteiger partial charge is 0.258 e. The van der Waals surface area contributed by atoms with E-state index in [2.05, 4.69) is 17.0 Å². The molecule has 172 valence electrons. The first-order valence-electron chi connectivity index (χ1n) is 11.1. The Balaban J connectivity index is 1.39. The summed E-state index contributed by atoms with van der Waals surface area (Å²) >= 11 is 12.9. The van der Waals surface area contributed by atoms with Gasteiger partial charge < -0.3 is 14.7 Å². The SMILES string of the molecule is Cc1nn(Cc2ccccc2Cl)c(Cl)c1C(=O)N1CCC(C(=O)N2CCN(C)CC2)CC1. The molecule has 4 rings (SSSR count). The lowest BCUT2D eigenvalue weighted by Gasteiger charge is -2.37. The van der Waals surface area contributed by atoms with Crippen LogP contribution in [0.5, 0.6) is 0 Å². The minimum absolute atomic E-state index is 0.0121. The average Bonchev–Trinajstić information content (AvgIpc) is 3.07. The second kappa shape index (κ2) is 9.81. The van der Waals surface area contributed by atoms with Gasteiger partial charge in [-0.05, 0) is 38.4 Å². The highest BCUT2D eigenvalue weighted by atomic mass is 35.5. The maximum Gasteiger partial charge on any atom is 0.258 e.